The van der Waals surface area contributed by atoms with E-state index < -0.39 is 18.2 Å². The highest BCUT2D eigenvalue weighted by Crippen LogP contribution is 2.36. The van der Waals surface area contributed by atoms with Crippen molar-refractivity contribution in [2.75, 3.05) is 61.4 Å². The zero-order valence-corrected chi connectivity index (χ0v) is 39.9. The van der Waals surface area contributed by atoms with E-state index >= 15 is 4.39 Å². The van der Waals surface area contributed by atoms with Crippen LogP contribution in [0, 0.1) is 6.92 Å². The van der Waals surface area contributed by atoms with Crippen LogP contribution in [0.25, 0.3) is 32.2 Å². The number of hydrogen-bond acceptors (Lipinski definition) is 13. The number of ether oxygens (including phenoxy) is 1. The number of benzene rings is 4. The number of nitrogens with zero attached hydrogens (tertiary/aromatic N) is 7. The molecule has 17 nitrogen and oxygen atoms in total. The van der Waals surface area contributed by atoms with E-state index in [9.17, 15) is 29.1 Å². The number of piperazine rings is 1. The van der Waals surface area contributed by atoms with Crippen LogP contribution in [0.2, 0.25) is 0 Å². The number of halogens is 1. The minimum atomic E-state index is -1.29. The second-order valence-corrected chi connectivity index (χ2v) is 19.1. The normalized spacial score (nSPS) is 17.5. The Bertz CT molecular complexity index is 3220. The van der Waals surface area contributed by atoms with Gasteiger partial charge in [0.2, 0.25) is 17.7 Å². The molecular weight excluding hydrogens is 928 g/mol. The summed E-state index contributed by atoms with van der Waals surface area (Å²) in [6.45, 7) is 4.50. The molecule has 2 fully saturated rings. The number of nitrogens with one attached hydrogen (secondary N) is 3. The van der Waals surface area contributed by atoms with Gasteiger partial charge in [-0.2, -0.15) is 5.10 Å². The lowest BCUT2D eigenvalue weighted by molar-refractivity contribution is -0.134. The Morgan fingerprint density at radius 3 is 2.56 bits per heavy atom. The number of carboxylic acids is 1. The summed E-state index contributed by atoms with van der Waals surface area (Å²) in [5.74, 6) is -1.94. The van der Waals surface area contributed by atoms with E-state index in [4.69, 9.17) is 4.74 Å². The topological polar surface area (TPSA) is 204 Å². The zero-order valence-electron chi connectivity index (χ0n) is 39.1. The molecule has 0 radical (unpaired) electrons. The van der Waals surface area contributed by atoms with Crippen molar-refractivity contribution in [1.82, 2.24) is 34.9 Å². The summed E-state index contributed by atoms with van der Waals surface area (Å²) in [7, 11) is 1.74. The van der Waals surface area contributed by atoms with Crippen molar-refractivity contribution in [2.24, 2.45) is 7.05 Å². The molecule has 0 spiro atoms. The summed E-state index contributed by atoms with van der Waals surface area (Å²) >= 11 is 1.41. The van der Waals surface area contributed by atoms with E-state index in [1.807, 2.05) is 78.6 Å². The lowest BCUT2D eigenvalue weighted by atomic mass is 9.92. The number of piperidine rings is 1. The smallest absolute Gasteiger partial charge is 0.355 e. The van der Waals surface area contributed by atoms with Crippen molar-refractivity contribution >= 4 is 78.7 Å². The van der Waals surface area contributed by atoms with Crippen LogP contribution in [-0.2, 0) is 34.4 Å². The summed E-state index contributed by atoms with van der Waals surface area (Å²) in [6, 6.07) is 27.8. The Morgan fingerprint density at radius 2 is 1.75 bits per heavy atom. The molecule has 364 valence electrons. The van der Waals surface area contributed by atoms with Gasteiger partial charge in [0, 0.05) is 69.3 Å². The second-order valence-electron chi connectivity index (χ2n) is 18.0. The van der Waals surface area contributed by atoms with Crippen LogP contribution in [0.1, 0.15) is 68.4 Å². The Morgan fingerprint density at radius 1 is 0.915 bits per heavy atom. The third-order valence-electron chi connectivity index (χ3n) is 13.5. The summed E-state index contributed by atoms with van der Waals surface area (Å²) in [5, 5.41) is 24.6. The number of amides is 4. The largest absolute Gasteiger partial charge is 0.493 e. The molecule has 0 aliphatic carbocycles. The summed E-state index contributed by atoms with van der Waals surface area (Å²) < 4.78 is 24.4. The maximum absolute atomic E-state index is 15.6. The van der Waals surface area contributed by atoms with Crippen molar-refractivity contribution in [1.29, 1.82) is 0 Å². The number of pyridine rings is 1. The number of anilines is 3. The van der Waals surface area contributed by atoms with E-state index in [0.717, 1.165) is 26.9 Å². The molecule has 2 atom stereocenters. The fourth-order valence-corrected chi connectivity index (χ4v) is 10.8. The number of carboxylic acid groups (broad SMARTS) is 1. The van der Waals surface area contributed by atoms with Gasteiger partial charge in [-0.3, -0.25) is 44.3 Å². The fraction of sp³-hybridized carbons (Fsp3) is 0.308. The van der Waals surface area contributed by atoms with E-state index in [2.05, 4.69) is 31.0 Å². The molecule has 3 aromatic heterocycles. The van der Waals surface area contributed by atoms with Crippen molar-refractivity contribution in [3.05, 3.63) is 125 Å². The molecule has 19 heteroatoms. The Balaban J connectivity index is 0.729. The van der Waals surface area contributed by atoms with Gasteiger partial charge in [0.25, 0.3) is 5.91 Å². The number of alkyl halides is 1. The van der Waals surface area contributed by atoms with Gasteiger partial charge < -0.3 is 20.1 Å². The maximum Gasteiger partial charge on any atom is 0.355 e. The second kappa shape index (κ2) is 20.0. The lowest BCUT2D eigenvalue weighted by Gasteiger charge is -2.37. The Hall–Kier alpha value is -7.61. The van der Waals surface area contributed by atoms with E-state index in [1.165, 1.54) is 11.3 Å². The van der Waals surface area contributed by atoms with Crippen LogP contribution >= 0.6 is 11.3 Å². The van der Waals surface area contributed by atoms with Gasteiger partial charge in [-0.05, 0) is 90.9 Å². The molecule has 4 amide bonds. The predicted molar refractivity (Wildman–Crippen MR) is 268 cm³/mol. The summed E-state index contributed by atoms with van der Waals surface area (Å²) in [4.78, 5) is 78.8. The van der Waals surface area contributed by atoms with Crippen LogP contribution in [0.4, 0.5) is 21.0 Å². The number of rotatable bonds is 14. The average molecular weight is 979 g/mol. The first-order chi connectivity index (χ1) is 34.4. The van der Waals surface area contributed by atoms with E-state index in [1.54, 1.807) is 45.8 Å². The van der Waals surface area contributed by atoms with Crippen LogP contribution < -0.4 is 25.6 Å². The molecule has 3 aliphatic rings. The van der Waals surface area contributed by atoms with Gasteiger partial charge >= 0.3 is 5.97 Å². The molecule has 4 aromatic carbocycles. The quantitative estimate of drug-likeness (QED) is 0.0498. The van der Waals surface area contributed by atoms with Crippen molar-refractivity contribution < 1.29 is 38.2 Å². The number of carbonyl (C=O) groups is 5. The number of aromatic nitrogens is 4. The predicted octanol–water partition coefficient (Wildman–Crippen LogP) is 6.91. The number of hydrogen-bond donors (Lipinski definition) is 4. The molecule has 3 aliphatic heterocycles. The summed E-state index contributed by atoms with van der Waals surface area (Å²) in [5.41, 5.74) is 6.71. The minimum absolute atomic E-state index is 0.0101. The molecule has 7 aromatic rings. The number of thiazole rings is 1. The van der Waals surface area contributed by atoms with Gasteiger partial charge in [0.1, 0.15) is 11.6 Å². The average Bonchev–Trinajstić information content (AvgIpc) is 3.93. The van der Waals surface area contributed by atoms with Crippen LogP contribution in [-0.4, -0.2) is 116 Å². The molecule has 0 bridgehead atoms. The van der Waals surface area contributed by atoms with Gasteiger partial charge in [0.15, 0.2) is 17.1 Å². The summed E-state index contributed by atoms with van der Waals surface area (Å²) in [6.07, 6.45) is 0.463. The standard InChI is InChI=1S/C52H51FN10O7S/c1-30-32(33-17-19-43(56-47(33)51(68)69)63-23-21-31-9-5-11-34(37(31)27-63)49(66)58-52-55-38-13-3-4-16-41(38)71-52)10-7-15-40(30)70-26-8-22-62-25-24-61(28-42(62)53)29-45(65)54-39-14-6-12-35-46(59-60(2)48(35)39)36-18-20-44(64)57-50(36)67/h3-7,9-17,19,36,42H,8,18,20-29H2,1-2H3,(H,54,65)(H,68,69)(H,55,58,66)(H,57,64,67). The van der Waals surface area contributed by atoms with E-state index in [0.29, 0.717) is 114 Å². The monoisotopic (exact) mass is 978 g/mol. The van der Waals surface area contributed by atoms with Crippen LogP contribution in [0.3, 0.4) is 0 Å². The van der Waals surface area contributed by atoms with Crippen molar-refractivity contribution in [3.8, 4) is 16.9 Å². The number of carbonyl (C=O) groups excluding carboxylic acids is 4. The molecule has 10 rings (SSSR count). The molecule has 71 heavy (non-hydrogen) atoms. The zero-order chi connectivity index (χ0) is 49.3. The number of imide groups is 1. The third-order valence-corrected chi connectivity index (χ3v) is 14.4. The van der Waals surface area contributed by atoms with E-state index in [-0.39, 0.29) is 48.8 Å². The highest BCUT2D eigenvalue weighted by Gasteiger charge is 2.33. The number of aryl methyl sites for hydroxylation is 1. The minimum Gasteiger partial charge on any atom is -0.493 e. The molecule has 4 N–H and O–H groups in total. The Labute approximate surface area is 411 Å². The first kappa shape index (κ1) is 47.1. The molecule has 6 heterocycles. The highest BCUT2D eigenvalue weighted by molar-refractivity contribution is 7.22. The first-order valence-corrected chi connectivity index (χ1v) is 24.4. The molecule has 2 unspecified atom stereocenters. The third kappa shape index (κ3) is 9.80. The SMILES string of the molecule is Cc1c(OCCCN2CCN(CC(=O)Nc3cccc4c(C5CCC(=O)NC5=O)nn(C)c34)CC2F)cccc1-c1ccc(N2CCc3cccc(C(=O)Nc4nc5ccccc5s4)c3C2)nc1C(=O)O. The Kier molecular flexibility index (Phi) is 13.3. The van der Waals surface area contributed by atoms with Gasteiger partial charge in [-0.15, -0.1) is 0 Å². The fourth-order valence-electron chi connectivity index (χ4n) is 9.89. The number of para-hydroxylation sites is 2. The first-order valence-electron chi connectivity index (χ1n) is 23.6. The van der Waals surface area contributed by atoms with Gasteiger partial charge in [-0.25, -0.2) is 19.2 Å². The number of aromatic carboxylic acids is 1. The van der Waals surface area contributed by atoms with Gasteiger partial charge in [0.05, 0.1) is 46.2 Å². The van der Waals surface area contributed by atoms with Gasteiger partial charge in [-0.1, -0.05) is 59.9 Å². The lowest BCUT2D eigenvalue weighted by Crippen LogP contribution is -2.53. The maximum atomic E-state index is 15.6. The molecule has 2 saturated heterocycles. The van der Waals surface area contributed by atoms with Crippen LogP contribution in [0.15, 0.2) is 91.0 Å². The van der Waals surface area contributed by atoms with Crippen molar-refractivity contribution in [2.45, 2.75) is 51.4 Å². The molecule has 0 saturated carbocycles. The molecular formula is C52H51FN10O7S. The van der Waals surface area contributed by atoms with Crippen molar-refractivity contribution in [3.63, 3.8) is 0 Å². The highest BCUT2D eigenvalue weighted by atomic mass is 32.1. The van der Waals surface area contributed by atoms with Crippen LogP contribution in [0.5, 0.6) is 5.75 Å². The number of fused-ring (bicyclic) bond motifs is 3.